The lowest BCUT2D eigenvalue weighted by Crippen LogP contribution is -2.28. The summed E-state index contributed by atoms with van der Waals surface area (Å²) < 4.78 is 0. The van der Waals surface area contributed by atoms with E-state index >= 15 is 0 Å². The van der Waals surface area contributed by atoms with Crippen LogP contribution in [0.2, 0.25) is 5.02 Å². The van der Waals surface area contributed by atoms with E-state index in [1.807, 2.05) is 43.3 Å². The molecule has 2 N–H and O–H groups in total. The lowest BCUT2D eigenvalue weighted by atomic mass is 10.1. The van der Waals surface area contributed by atoms with Crippen molar-refractivity contribution in [3.05, 3.63) is 80.6 Å². The first-order chi connectivity index (χ1) is 11.5. The van der Waals surface area contributed by atoms with Gasteiger partial charge >= 0.3 is 0 Å². The van der Waals surface area contributed by atoms with Gasteiger partial charge in [0.05, 0.1) is 11.9 Å². The second kappa shape index (κ2) is 6.89. The fourth-order valence-electron chi connectivity index (χ4n) is 2.60. The van der Waals surface area contributed by atoms with Crippen molar-refractivity contribution in [2.45, 2.75) is 19.9 Å². The molecule has 0 bridgehead atoms. The molecule has 0 unspecified atom stereocenters. The predicted molar refractivity (Wildman–Crippen MR) is 96.3 cm³/mol. The molecule has 1 heterocycles. The quantitative estimate of drug-likeness (QED) is 0.765. The van der Waals surface area contributed by atoms with E-state index in [9.17, 15) is 9.59 Å². The summed E-state index contributed by atoms with van der Waals surface area (Å²) in [6.45, 7) is 2.15. The number of hydrogen-bond acceptors (Lipinski definition) is 2. The van der Waals surface area contributed by atoms with Crippen LogP contribution in [0, 0.1) is 6.92 Å². The number of fused-ring (bicyclic) bond motifs is 1. The van der Waals surface area contributed by atoms with Crippen molar-refractivity contribution in [3.8, 4) is 0 Å². The highest BCUT2D eigenvalue weighted by Crippen LogP contribution is 2.15. The molecular formula is C19H17ClN2O2. The van der Waals surface area contributed by atoms with Gasteiger partial charge in [-0.2, -0.15) is 0 Å². The Morgan fingerprint density at radius 1 is 1.17 bits per heavy atom. The Kier molecular flexibility index (Phi) is 4.67. The smallest absolute Gasteiger partial charge is 0.253 e. The molecule has 0 aliphatic heterocycles. The Labute approximate surface area is 144 Å². The number of H-pyrrole nitrogens is 1. The topological polar surface area (TPSA) is 62.0 Å². The molecule has 3 aromatic rings. The highest BCUT2D eigenvalue weighted by atomic mass is 35.5. The number of aromatic nitrogens is 1. The monoisotopic (exact) mass is 340 g/mol. The Bertz CT molecular complexity index is 946. The summed E-state index contributed by atoms with van der Waals surface area (Å²) in [5, 5.41) is 4.38. The number of benzene rings is 2. The van der Waals surface area contributed by atoms with Gasteiger partial charge in [0.15, 0.2) is 0 Å². The Hall–Kier alpha value is -2.59. The third-order valence-corrected chi connectivity index (χ3v) is 4.17. The molecule has 1 amide bonds. The number of carbonyl (C=O) groups excluding carboxylic acids is 1. The molecule has 0 aliphatic carbocycles. The standard InChI is InChI=1S/C19H17ClN2O2/c1-12-3-2-4-14-10-15(19(24)22-18(12)14)11-21-17(23)9-13-5-7-16(20)8-6-13/h2-8,10H,9,11H2,1H3,(H,21,23)(H,22,24). The Morgan fingerprint density at radius 3 is 2.67 bits per heavy atom. The number of carbonyl (C=O) groups is 1. The molecule has 0 atom stereocenters. The van der Waals surface area contributed by atoms with Crippen molar-refractivity contribution in [3.63, 3.8) is 0 Å². The van der Waals surface area contributed by atoms with Gasteiger partial charge in [0, 0.05) is 17.1 Å². The maximum absolute atomic E-state index is 12.2. The van der Waals surface area contributed by atoms with E-state index in [1.165, 1.54) is 0 Å². The van der Waals surface area contributed by atoms with E-state index in [4.69, 9.17) is 11.6 Å². The summed E-state index contributed by atoms with van der Waals surface area (Å²) in [6, 6.07) is 14.8. The second-order valence-corrected chi connectivity index (χ2v) is 6.18. The molecule has 0 radical (unpaired) electrons. The van der Waals surface area contributed by atoms with Crippen molar-refractivity contribution < 1.29 is 4.79 Å². The van der Waals surface area contributed by atoms with Gasteiger partial charge in [-0.15, -0.1) is 0 Å². The number of amides is 1. The zero-order valence-corrected chi connectivity index (χ0v) is 14.0. The van der Waals surface area contributed by atoms with Gasteiger partial charge in [-0.25, -0.2) is 0 Å². The molecule has 0 fully saturated rings. The third kappa shape index (κ3) is 3.66. The molecule has 0 saturated carbocycles. The van der Waals surface area contributed by atoms with Crippen LogP contribution in [0.25, 0.3) is 10.9 Å². The molecule has 4 nitrogen and oxygen atoms in total. The van der Waals surface area contributed by atoms with E-state index in [-0.39, 0.29) is 24.4 Å². The van der Waals surface area contributed by atoms with E-state index in [2.05, 4.69) is 10.3 Å². The van der Waals surface area contributed by atoms with Crippen LogP contribution >= 0.6 is 11.6 Å². The number of aryl methyl sites for hydroxylation is 1. The van der Waals surface area contributed by atoms with Crippen molar-refractivity contribution in [2.24, 2.45) is 0 Å². The summed E-state index contributed by atoms with van der Waals surface area (Å²) in [6.07, 6.45) is 0.252. The SMILES string of the molecule is Cc1cccc2cc(CNC(=O)Cc3ccc(Cl)cc3)c(=O)[nH]c12. The largest absolute Gasteiger partial charge is 0.352 e. The van der Waals surface area contributed by atoms with Crippen LogP contribution in [-0.2, 0) is 17.8 Å². The first-order valence-electron chi connectivity index (χ1n) is 7.65. The Balaban J connectivity index is 1.71. The van der Waals surface area contributed by atoms with Gasteiger partial charge in [0.1, 0.15) is 0 Å². The van der Waals surface area contributed by atoms with Crippen LogP contribution in [0.1, 0.15) is 16.7 Å². The highest BCUT2D eigenvalue weighted by molar-refractivity contribution is 6.30. The highest BCUT2D eigenvalue weighted by Gasteiger charge is 2.07. The average molecular weight is 341 g/mol. The lowest BCUT2D eigenvalue weighted by molar-refractivity contribution is -0.120. The first-order valence-corrected chi connectivity index (χ1v) is 8.03. The molecule has 0 spiro atoms. The molecule has 0 saturated heterocycles. The van der Waals surface area contributed by atoms with Gasteiger partial charge in [0.2, 0.25) is 5.91 Å². The second-order valence-electron chi connectivity index (χ2n) is 5.74. The van der Waals surface area contributed by atoms with E-state index in [0.717, 1.165) is 22.0 Å². The number of rotatable bonds is 4. The zero-order valence-electron chi connectivity index (χ0n) is 13.2. The van der Waals surface area contributed by atoms with Gasteiger partial charge in [-0.05, 0) is 41.6 Å². The third-order valence-electron chi connectivity index (χ3n) is 3.92. The molecule has 122 valence electrons. The van der Waals surface area contributed by atoms with Gasteiger partial charge in [-0.3, -0.25) is 9.59 Å². The van der Waals surface area contributed by atoms with E-state index < -0.39 is 0 Å². The normalized spacial score (nSPS) is 10.8. The van der Waals surface area contributed by atoms with Crippen molar-refractivity contribution >= 4 is 28.4 Å². The van der Waals surface area contributed by atoms with Crippen LogP contribution in [0.4, 0.5) is 0 Å². The maximum atomic E-state index is 12.2. The molecule has 3 rings (SSSR count). The average Bonchev–Trinajstić information content (AvgIpc) is 2.56. The molecule has 2 aromatic carbocycles. The van der Waals surface area contributed by atoms with Crippen molar-refractivity contribution in [1.82, 2.24) is 10.3 Å². The zero-order chi connectivity index (χ0) is 17.1. The lowest BCUT2D eigenvalue weighted by Gasteiger charge is -2.07. The predicted octanol–water partition coefficient (Wildman–Crippen LogP) is 3.35. The molecule has 5 heteroatoms. The molecule has 1 aromatic heterocycles. The number of nitrogens with one attached hydrogen (secondary N) is 2. The molecule has 24 heavy (non-hydrogen) atoms. The fourth-order valence-corrected chi connectivity index (χ4v) is 2.73. The van der Waals surface area contributed by atoms with Crippen LogP contribution < -0.4 is 10.9 Å². The summed E-state index contributed by atoms with van der Waals surface area (Å²) in [5.41, 5.74) is 3.09. The van der Waals surface area contributed by atoms with Crippen LogP contribution in [0.15, 0.2) is 53.3 Å². The maximum Gasteiger partial charge on any atom is 0.253 e. The number of hydrogen-bond donors (Lipinski definition) is 2. The van der Waals surface area contributed by atoms with E-state index in [1.54, 1.807) is 12.1 Å². The Morgan fingerprint density at radius 2 is 1.92 bits per heavy atom. The van der Waals surface area contributed by atoms with Gasteiger partial charge < -0.3 is 10.3 Å². The number of para-hydroxylation sites is 1. The van der Waals surface area contributed by atoms with Gasteiger partial charge in [0.25, 0.3) is 5.56 Å². The number of pyridine rings is 1. The summed E-state index contributed by atoms with van der Waals surface area (Å²) in [5.74, 6) is -0.138. The van der Waals surface area contributed by atoms with Gasteiger partial charge in [-0.1, -0.05) is 41.9 Å². The van der Waals surface area contributed by atoms with Crippen molar-refractivity contribution in [2.75, 3.05) is 0 Å². The van der Waals surface area contributed by atoms with Crippen LogP contribution in [-0.4, -0.2) is 10.9 Å². The van der Waals surface area contributed by atoms with E-state index in [0.29, 0.717) is 10.6 Å². The number of aromatic amines is 1. The minimum atomic E-state index is -0.177. The minimum Gasteiger partial charge on any atom is -0.352 e. The van der Waals surface area contributed by atoms with Crippen LogP contribution in [0.5, 0.6) is 0 Å². The van der Waals surface area contributed by atoms with Crippen molar-refractivity contribution in [1.29, 1.82) is 0 Å². The molecule has 0 aliphatic rings. The summed E-state index contributed by atoms with van der Waals surface area (Å²) in [7, 11) is 0. The minimum absolute atomic E-state index is 0.138. The number of halogens is 1. The molecular weight excluding hydrogens is 324 g/mol. The summed E-state index contributed by atoms with van der Waals surface area (Å²) >= 11 is 5.83. The van der Waals surface area contributed by atoms with Crippen LogP contribution in [0.3, 0.4) is 0 Å². The fraction of sp³-hybridized carbons (Fsp3) is 0.158. The summed E-state index contributed by atoms with van der Waals surface area (Å²) in [4.78, 5) is 27.1. The first kappa shape index (κ1) is 16.3.